The highest BCUT2D eigenvalue weighted by Gasteiger charge is 2.19. The van der Waals surface area contributed by atoms with E-state index in [2.05, 4.69) is 58.2 Å². The van der Waals surface area contributed by atoms with Crippen LogP contribution in [0.15, 0.2) is 29.3 Å². The SMILES string of the molecule is CN=C(NCCOCCS(C)(=O)=O)N1CCN(Cc2ccc(C(C)C)cc2)CC1. The first-order chi connectivity index (χ1) is 13.8. The number of ether oxygens (including phenoxy) is 1. The van der Waals surface area contributed by atoms with Crippen molar-refractivity contribution in [3.63, 3.8) is 0 Å². The molecule has 0 spiro atoms. The summed E-state index contributed by atoms with van der Waals surface area (Å²) in [5.41, 5.74) is 2.74. The number of sulfone groups is 1. The highest BCUT2D eigenvalue weighted by molar-refractivity contribution is 7.90. The number of rotatable bonds is 9. The Balaban J connectivity index is 1.68. The summed E-state index contributed by atoms with van der Waals surface area (Å²) in [6.07, 6.45) is 1.22. The zero-order valence-corrected chi connectivity index (χ0v) is 19.0. The average Bonchev–Trinajstić information content (AvgIpc) is 2.68. The topological polar surface area (TPSA) is 74.2 Å². The van der Waals surface area contributed by atoms with Crippen LogP contribution in [0.25, 0.3) is 0 Å². The van der Waals surface area contributed by atoms with Crippen molar-refractivity contribution in [3.8, 4) is 0 Å². The van der Waals surface area contributed by atoms with Gasteiger partial charge in [0.1, 0.15) is 9.84 Å². The van der Waals surface area contributed by atoms with Gasteiger partial charge in [0.2, 0.25) is 0 Å². The summed E-state index contributed by atoms with van der Waals surface area (Å²) >= 11 is 0. The third-order valence-corrected chi connectivity index (χ3v) is 5.97. The Morgan fingerprint density at radius 1 is 1.14 bits per heavy atom. The predicted octanol–water partition coefficient (Wildman–Crippen LogP) is 1.56. The molecule has 0 atom stereocenters. The smallest absolute Gasteiger partial charge is 0.193 e. The number of hydrogen-bond acceptors (Lipinski definition) is 5. The van der Waals surface area contributed by atoms with Crippen molar-refractivity contribution in [1.29, 1.82) is 0 Å². The van der Waals surface area contributed by atoms with Crippen LogP contribution in [-0.2, 0) is 21.1 Å². The van der Waals surface area contributed by atoms with Gasteiger partial charge in [-0.3, -0.25) is 9.89 Å². The van der Waals surface area contributed by atoms with Crippen LogP contribution >= 0.6 is 0 Å². The molecular formula is C21H36N4O3S. The minimum atomic E-state index is -2.97. The van der Waals surface area contributed by atoms with Gasteiger partial charge in [-0.25, -0.2) is 8.42 Å². The van der Waals surface area contributed by atoms with Crippen LogP contribution in [0.5, 0.6) is 0 Å². The fourth-order valence-electron chi connectivity index (χ4n) is 3.26. The van der Waals surface area contributed by atoms with Crippen molar-refractivity contribution >= 4 is 15.8 Å². The molecule has 0 aromatic heterocycles. The number of guanidine groups is 1. The summed E-state index contributed by atoms with van der Waals surface area (Å²) in [6, 6.07) is 8.96. The summed E-state index contributed by atoms with van der Waals surface area (Å²) in [4.78, 5) is 9.10. The Bertz CT molecular complexity index is 740. The quantitative estimate of drug-likeness (QED) is 0.368. The summed E-state index contributed by atoms with van der Waals surface area (Å²) in [5, 5.41) is 3.30. The molecule has 1 aromatic rings. The minimum Gasteiger partial charge on any atom is -0.379 e. The van der Waals surface area contributed by atoms with Crippen molar-refractivity contribution in [2.45, 2.75) is 26.3 Å². The number of aliphatic imine (C=N–C) groups is 1. The predicted molar refractivity (Wildman–Crippen MR) is 119 cm³/mol. The normalized spacial score (nSPS) is 16.4. The van der Waals surface area contributed by atoms with E-state index < -0.39 is 9.84 Å². The molecule has 0 saturated carbocycles. The molecule has 1 aliphatic heterocycles. The standard InChI is InChI=1S/C21H36N4O3S/c1-18(2)20-7-5-19(6-8-20)17-24-10-12-25(13-11-24)21(22-3)23-9-14-28-15-16-29(4,26)27/h5-8,18H,9-17H2,1-4H3,(H,22,23). The molecule has 0 radical (unpaired) electrons. The molecule has 1 aromatic carbocycles. The van der Waals surface area contributed by atoms with Gasteiger partial charge in [0.05, 0.1) is 19.0 Å². The molecule has 0 unspecified atom stereocenters. The second kappa shape index (κ2) is 11.5. The van der Waals surface area contributed by atoms with Gasteiger partial charge >= 0.3 is 0 Å². The molecule has 29 heavy (non-hydrogen) atoms. The molecule has 164 valence electrons. The van der Waals surface area contributed by atoms with Crippen LogP contribution in [0.3, 0.4) is 0 Å². The van der Waals surface area contributed by atoms with Crippen molar-refractivity contribution in [1.82, 2.24) is 15.1 Å². The van der Waals surface area contributed by atoms with Crippen molar-refractivity contribution in [2.75, 3.05) is 65.0 Å². The van der Waals surface area contributed by atoms with E-state index in [-0.39, 0.29) is 12.4 Å². The van der Waals surface area contributed by atoms with Gasteiger partial charge in [-0.2, -0.15) is 0 Å². The van der Waals surface area contributed by atoms with E-state index in [1.54, 1.807) is 7.05 Å². The highest BCUT2D eigenvalue weighted by Crippen LogP contribution is 2.16. The Morgan fingerprint density at radius 3 is 2.34 bits per heavy atom. The lowest BCUT2D eigenvalue weighted by Crippen LogP contribution is -2.52. The van der Waals surface area contributed by atoms with Gasteiger partial charge in [0, 0.05) is 52.6 Å². The molecule has 8 heteroatoms. The molecule has 1 heterocycles. The first-order valence-electron chi connectivity index (χ1n) is 10.3. The van der Waals surface area contributed by atoms with Gasteiger partial charge in [-0.05, 0) is 17.0 Å². The van der Waals surface area contributed by atoms with E-state index in [0.29, 0.717) is 19.1 Å². The fourth-order valence-corrected chi connectivity index (χ4v) is 3.68. The first-order valence-corrected chi connectivity index (χ1v) is 12.4. The molecule has 1 saturated heterocycles. The van der Waals surface area contributed by atoms with Crippen LogP contribution in [0.4, 0.5) is 0 Å². The number of benzene rings is 1. The summed E-state index contributed by atoms with van der Waals surface area (Å²) in [5.74, 6) is 1.50. The number of nitrogens with one attached hydrogen (secondary N) is 1. The maximum Gasteiger partial charge on any atom is 0.193 e. The third kappa shape index (κ3) is 8.72. The Hall–Kier alpha value is -1.64. The lowest BCUT2D eigenvalue weighted by Gasteiger charge is -2.36. The van der Waals surface area contributed by atoms with Gasteiger partial charge in [-0.1, -0.05) is 38.1 Å². The van der Waals surface area contributed by atoms with E-state index in [1.165, 1.54) is 17.4 Å². The van der Waals surface area contributed by atoms with Gasteiger partial charge in [-0.15, -0.1) is 0 Å². The van der Waals surface area contributed by atoms with Crippen molar-refractivity contribution in [2.24, 2.45) is 4.99 Å². The first kappa shape index (κ1) is 23.6. The maximum atomic E-state index is 11.1. The summed E-state index contributed by atoms with van der Waals surface area (Å²) in [7, 11) is -1.18. The molecule has 1 N–H and O–H groups in total. The molecule has 0 amide bonds. The molecule has 1 fully saturated rings. The lowest BCUT2D eigenvalue weighted by molar-refractivity contribution is 0.150. The van der Waals surface area contributed by atoms with Crippen molar-refractivity contribution < 1.29 is 13.2 Å². The molecule has 7 nitrogen and oxygen atoms in total. The number of piperazine rings is 1. The monoisotopic (exact) mass is 424 g/mol. The van der Waals surface area contributed by atoms with Crippen LogP contribution in [0.2, 0.25) is 0 Å². The van der Waals surface area contributed by atoms with E-state index in [4.69, 9.17) is 4.74 Å². The van der Waals surface area contributed by atoms with Crippen LogP contribution in [-0.4, -0.2) is 89.2 Å². The molecule has 0 bridgehead atoms. The van der Waals surface area contributed by atoms with Crippen molar-refractivity contribution in [3.05, 3.63) is 35.4 Å². The lowest BCUT2D eigenvalue weighted by atomic mass is 10.0. The zero-order chi connectivity index (χ0) is 21.3. The number of hydrogen-bond donors (Lipinski definition) is 1. The minimum absolute atomic E-state index is 0.0594. The van der Waals surface area contributed by atoms with Crippen LogP contribution in [0.1, 0.15) is 30.9 Å². The zero-order valence-electron chi connectivity index (χ0n) is 18.2. The second-order valence-corrected chi connectivity index (χ2v) is 10.1. The molecule has 2 rings (SSSR count). The fraction of sp³-hybridized carbons (Fsp3) is 0.667. The maximum absolute atomic E-state index is 11.1. The largest absolute Gasteiger partial charge is 0.379 e. The summed E-state index contributed by atoms with van der Waals surface area (Å²) in [6.45, 7) is 10.6. The Labute approximate surface area is 176 Å². The Kier molecular flexibility index (Phi) is 9.39. The van der Waals surface area contributed by atoms with E-state index >= 15 is 0 Å². The second-order valence-electron chi connectivity index (χ2n) is 7.88. The molecule has 1 aliphatic rings. The van der Waals surface area contributed by atoms with Gasteiger partial charge in [0.15, 0.2) is 5.96 Å². The molecular weight excluding hydrogens is 388 g/mol. The third-order valence-electron chi connectivity index (χ3n) is 5.06. The van der Waals surface area contributed by atoms with Crippen LogP contribution in [0, 0.1) is 0 Å². The van der Waals surface area contributed by atoms with Gasteiger partial charge < -0.3 is 15.0 Å². The van der Waals surface area contributed by atoms with E-state index in [0.717, 1.165) is 38.7 Å². The summed E-state index contributed by atoms with van der Waals surface area (Å²) < 4.78 is 27.5. The average molecular weight is 425 g/mol. The molecule has 0 aliphatic carbocycles. The van der Waals surface area contributed by atoms with Crippen LogP contribution < -0.4 is 5.32 Å². The van der Waals surface area contributed by atoms with E-state index in [1.807, 2.05) is 0 Å². The highest BCUT2D eigenvalue weighted by atomic mass is 32.2. The number of nitrogens with zero attached hydrogens (tertiary/aromatic N) is 3. The van der Waals surface area contributed by atoms with Gasteiger partial charge in [0.25, 0.3) is 0 Å². The van der Waals surface area contributed by atoms with E-state index in [9.17, 15) is 8.42 Å². The Morgan fingerprint density at radius 2 is 1.79 bits per heavy atom.